The van der Waals surface area contributed by atoms with Crippen molar-refractivity contribution in [2.75, 3.05) is 17.3 Å². The number of hydrogen-bond donors (Lipinski definition) is 0. The third-order valence-corrected chi connectivity index (χ3v) is 5.24. The summed E-state index contributed by atoms with van der Waals surface area (Å²) in [5, 5.41) is -0.0569. The highest BCUT2D eigenvalue weighted by atomic mass is 32.2. The molecule has 0 spiro atoms. The smallest absolute Gasteiger partial charge is 0.406 e. The molecule has 0 unspecified atom stereocenters. The number of halogens is 5. The standard InChI is InChI=1S/C20H18F5N3O2S/c1-13-2-6-15(7-3-13)28-12-31-18(27(19(28)29)11-20(23,24)25)26-10-14-4-8-16(9-5-14)30-17(21)22/h2-9,17H,10-12H2,1H3. The van der Waals surface area contributed by atoms with Crippen molar-refractivity contribution in [1.29, 1.82) is 0 Å². The number of carbonyl (C=O) groups is 1. The summed E-state index contributed by atoms with van der Waals surface area (Å²) in [5.41, 5.74) is 2.01. The van der Waals surface area contributed by atoms with Gasteiger partial charge in [0.15, 0.2) is 5.17 Å². The summed E-state index contributed by atoms with van der Waals surface area (Å²) in [6.07, 6.45) is -4.61. The molecule has 1 heterocycles. The Morgan fingerprint density at radius 1 is 1.10 bits per heavy atom. The molecule has 5 nitrogen and oxygen atoms in total. The molecule has 0 radical (unpaired) electrons. The van der Waals surface area contributed by atoms with Crippen molar-refractivity contribution < 1.29 is 31.5 Å². The topological polar surface area (TPSA) is 45.1 Å². The Hall–Kier alpha value is -2.82. The van der Waals surface area contributed by atoms with Gasteiger partial charge in [-0.05, 0) is 36.8 Å². The minimum atomic E-state index is -4.61. The number of carbonyl (C=O) groups excluding carboxylic acids is 1. The molecule has 2 aromatic carbocycles. The highest BCUT2D eigenvalue weighted by molar-refractivity contribution is 8.14. The van der Waals surface area contributed by atoms with E-state index in [0.29, 0.717) is 16.2 Å². The summed E-state index contributed by atoms with van der Waals surface area (Å²) < 4.78 is 68.1. The van der Waals surface area contributed by atoms with Gasteiger partial charge in [0.2, 0.25) is 0 Å². The lowest BCUT2D eigenvalue weighted by molar-refractivity contribution is -0.133. The van der Waals surface area contributed by atoms with Crippen LogP contribution in [0, 0.1) is 6.92 Å². The number of alkyl halides is 5. The number of ether oxygens (including phenoxy) is 1. The van der Waals surface area contributed by atoms with E-state index in [1.165, 1.54) is 29.2 Å². The van der Waals surface area contributed by atoms with Gasteiger partial charge in [0.1, 0.15) is 12.3 Å². The number of nitrogens with zero attached hydrogens (tertiary/aromatic N) is 3. The molecular weight excluding hydrogens is 441 g/mol. The number of anilines is 1. The highest BCUT2D eigenvalue weighted by Crippen LogP contribution is 2.30. The minimum absolute atomic E-state index is 0.0243. The van der Waals surface area contributed by atoms with Crippen LogP contribution in [0.25, 0.3) is 0 Å². The largest absolute Gasteiger partial charge is 0.435 e. The highest BCUT2D eigenvalue weighted by Gasteiger charge is 2.40. The molecule has 31 heavy (non-hydrogen) atoms. The van der Waals surface area contributed by atoms with Crippen LogP contribution in [0.15, 0.2) is 53.5 Å². The molecule has 1 fully saturated rings. The maximum Gasteiger partial charge on any atom is 0.406 e. The Labute approximate surface area is 179 Å². The van der Waals surface area contributed by atoms with Crippen molar-refractivity contribution in [3.63, 3.8) is 0 Å². The van der Waals surface area contributed by atoms with Gasteiger partial charge in [0, 0.05) is 5.69 Å². The van der Waals surface area contributed by atoms with Crippen LogP contribution in [0.2, 0.25) is 0 Å². The first kappa shape index (κ1) is 22.9. The lowest BCUT2D eigenvalue weighted by Crippen LogP contribution is -2.53. The monoisotopic (exact) mass is 459 g/mol. The van der Waals surface area contributed by atoms with Crippen LogP contribution >= 0.6 is 11.8 Å². The SMILES string of the molecule is Cc1ccc(N2CSC(=NCc3ccc(OC(F)F)cc3)N(CC(F)(F)F)C2=O)cc1. The summed E-state index contributed by atoms with van der Waals surface area (Å²) in [6.45, 7) is -2.59. The van der Waals surface area contributed by atoms with E-state index in [4.69, 9.17) is 0 Å². The van der Waals surface area contributed by atoms with Crippen molar-refractivity contribution in [3.05, 3.63) is 59.7 Å². The fourth-order valence-electron chi connectivity index (χ4n) is 2.77. The van der Waals surface area contributed by atoms with Gasteiger partial charge in [-0.15, -0.1) is 0 Å². The number of rotatable bonds is 6. The van der Waals surface area contributed by atoms with Crippen LogP contribution in [0.3, 0.4) is 0 Å². The first-order valence-electron chi connectivity index (χ1n) is 9.06. The van der Waals surface area contributed by atoms with Crippen LogP contribution in [0.5, 0.6) is 5.75 Å². The molecule has 0 aliphatic carbocycles. The van der Waals surface area contributed by atoms with E-state index in [2.05, 4.69) is 9.73 Å². The lowest BCUT2D eigenvalue weighted by Gasteiger charge is -2.36. The maximum absolute atomic E-state index is 13.1. The Morgan fingerprint density at radius 2 is 1.74 bits per heavy atom. The maximum atomic E-state index is 13.1. The van der Waals surface area contributed by atoms with Crippen molar-refractivity contribution in [2.45, 2.75) is 26.3 Å². The average Bonchev–Trinajstić information content (AvgIpc) is 2.69. The van der Waals surface area contributed by atoms with Crippen LogP contribution in [0.4, 0.5) is 32.4 Å². The molecule has 0 atom stereocenters. The zero-order valence-corrected chi connectivity index (χ0v) is 17.1. The second-order valence-corrected chi connectivity index (χ2v) is 7.55. The van der Waals surface area contributed by atoms with Gasteiger partial charge in [-0.2, -0.15) is 22.0 Å². The van der Waals surface area contributed by atoms with E-state index in [1.807, 2.05) is 6.92 Å². The quantitative estimate of drug-likeness (QED) is 0.525. The number of amides is 2. The molecular formula is C20H18F5N3O2S. The minimum Gasteiger partial charge on any atom is -0.435 e. The van der Waals surface area contributed by atoms with Gasteiger partial charge in [-0.1, -0.05) is 41.6 Å². The summed E-state index contributed by atoms with van der Waals surface area (Å²) in [6, 6.07) is 11.6. The van der Waals surface area contributed by atoms with E-state index < -0.39 is 25.4 Å². The summed E-state index contributed by atoms with van der Waals surface area (Å²) in [7, 11) is 0. The van der Waals surface area contributed by atoms with E-state index in [0.717, 1.165) is 17.3 Å². The first-order valence-corrected chi connectivity index (χ1v) is 10.0. The molecule has 1 aliphatic heterocycles. The molecule has 1 aliphatic rings. The fourth-order valence-corrected chi connectivity index (χ4v) is 3.73. The summed E-state index contributed by atoms with van der Waals surface area (Å²) in [5.74, 6) is 0.0667. The molecule has 3 rings (SSSR count). The molecule has 0 aromatic heterocycles. The summed E-state index contributed by atoms with van der Waals surface area (Å²) in [4.78, 5) is 18.9. The Kier molecular flexibility index (Phi) is 7.04. The average molecular weight is 459 g/mol. The number of benzene rings is 2. The molecule has 0 N–H and O–H groups in total. The van der Waals surface area contributed by atoms with Crippen LogP contribution in [-0.2, 0) is 6.54 Å². The van der Waals surface area contributed by atoms with E-state index in [1.54, 1.807) is 24.3 Å². The first-order chi connectivity index (χ1) is 14.6. The van der Waals surface area contributed by atoms with Crippen molar-refractivity contribution in [3.8, 4) is 5.75 Å². The normalized spacial score (nSPS) is 16.4. The summed E-state index contributed by atoms with van der Waals surface area (Å²) >= 11 is 1.01. The zero-order valence-electron chi connectivity index (χ0n) is 16.3. The van der Waals surface area contributed by atoms with Crippen molar-refractivity contribution >= 4 is 28.6 Å². The Bertz CT molecular complexity index is 933. The third-order valence-electron chi connectivity index (χ3n) is 4.24. The van der Waals surface area contributed by atoms with Gasteiger partial charge < -0.3 is 4.74 Å². The van der Waals surface area contributed by atoms with Crippen molar-refractivity contribution in [2.24, 2.45) is 4.99 Å². The number of aliphatic imine (C=N–C) groups is 1. The third kappa shape index (κ3) is 6.33. The molecule has 2 aromatic rings. The number of amidine groups is 1. The lowest BCUT2D eigenvalue weighted by atomic mass is 10.2. The Balaban J connectivity index is 1.78. The van der Waals surface area contributed by atoms with Gasteiger partial charge >= 0.3 is 18.8 Å². The zero-order chi connectivity index (χ0) is 22.6. The van der Waals surface area contributed by atoms with E-state index >= 15 is 0 Å². The number of thioether (sulfide) groups is 1. The molecule has 11 heteroatoms. The van der Waals surface area contributed by atoms with Gasteiger partial charge in [-0.3, -0.25) is 14.8 Å². The molecule has 0 saturated carbocycles. The van der Waals surface area contributed by atoms with E-state index in [9.17, 15) is 26.7 Å². The van der Waals surface area contributed by atoms with Gasteiger partial charge in [0.05, 0.1) is 12.4 Å². The van der Waals surface area contributed by atoms with Crippen molar-refractivity contribution in [1.82, 2.24) is 4.90 Å². The van der Waals surface area contributed by atoms with Gasteiger partial charge in [-0.25, -0.2) is 4.79 Å². The molecule has 1 saturated heterocycles. The predicted octanol–water partition coefficient (Wildman–Crippen LogP) is 5.65. The number of hydrogen-bond acceptors (Lipinski definition) is 4. The molecule has 166 valence electrons. The van der Waals surface area contributed by atoms with Crippen LogP contribution < -0.4 is 9.64 Å². The van der Waals surface area contributed by atoms with Crippen LogP contribution in [-0.4, -0.2) is 41.3 Å². The van der Waals surface area contributed by atoms with Crippen LogP contribution in [0.1, 0.15) is 11.1 Å². The fraction of sp³-hybridized carbons (Fsp3) is 0.300. The number of aryl methyl sites for hydroxylation is 1. The van der Waals surface area contributed by atoms with E-state index in [-0.39, 0.29) is 23.3 Å². The Morgan fingerprint density at radius 3 is 2.32 bits per heavy atom. The molecule has 0 bridgehead atoms. The molecule has 2 amide bonds. The second-order valence-electron chi connectivity index (χ2n) is 6.64. The number of urea groups is 1. The van der Waals surface area contributed by atoms with Gasteiger partial charge in [0.25, 0.3) is 0 Å². The second kappa shape index (κ2) is 9.54. The predicted molar refractivity (Wildman–Crippen MR) is 108 cm³/mol.